The Bertz CT molecular complexity index is 584. The van der Waals surface area contributed by atoms with Gasteiger partial charge in [-0.25, -0.2) is 4.79 Å². The summed E-state index contributed by atoms with van der Waals surface area (Å²) in [5.74, 6) is 0.602. The third-order valence-electron chi connectivity index (χ3n) is 3.20. The molecule has 18 heavy (non-hydrogen) atoms. The van der Waals surface area contributed by atoms with Crippen LogP contribution in [-0.4, -0.2) is 12.6 Å². The van der Waals surface area contributed by atoms with Crippen molar-refractivity contribution < 1.29 is 13.9 Å². The third-order valence-corrected chi connectivity index (χ3v) is 3.20. The van der Waals surface area contributed by atoms with E-state index in [1.165, 1.54) is 12.8 Å². The van der Waals surface area contributed by atoms with Crippen molar-refractivity contribution >= 4 is 22.6 Å². The molecular formula is C14H15NO3. The first-order chi connectivity index (χ1) is 8.72. The van der Waals surface area contributed by atoms with E-state index in [2.05, 4.69) is 0 Å². The van der Waals surface area contributed by atoms with Crippen molar-refractivity contribution in [3.8, 4) is 0 Å². The number of esters is 1. The smallest absolute Gasteiger partial charge is 0.374 e. The summed E-state index contributed by atoms with van der Waals surface area (Å²) in [6.07, 6.45) is 3.49. The summed E-state index contributed by atoms with van der Waals surface area (Å²) in [6.45, 7) is 0.475. The first-order valence-electron chi connectivity index (χ1n) is 6.18. The summed E-state index contributed by atoms with van der Waals surface area (Å²) in [5.41, 5.74) is 6.97. The fourth-order valence-electron chi connectivity index (χ4n) is 1.96. The van der Waals surface area contributed by atoms with Gasteiger partial charge in [0.25, 0.3) is 0 Å². The molecule has 1 heterocycles. The molecule has 2 N–H and O–H groups in total. The number of nitrogens with two attached hydrogens (primary N) is 1. The lowest BCUT2D eigenvalue weighted by Gasteiger charge is -2.00. The van der Waals surface area contributed by atoms with Crippen LogP contribution in [0.3, 0.4) is 0 Å². The molecule has 0 radical (unpaired) electrons. The second kappa shape index (κ2) is 4.37. The molecule has 0 aliphatic heterocycles. The van der Waals surface area contributed by atoms with Crippen molar-refractivity contribution in [2.75, 3.05) is 12.3 Å². The molecule has 1 aliphatic carbocycles. The Balaban J connectivity index is 1.70. The van der Waals surface area contributed by atoms with Crippen LogP contribution in [0.15, 0.2) is 28.7 Å². The van der Waals surface area contributed by atoms with Crippen LogP contribution in [0.2, 0.25) is 0 Å². The number of nitrogen functional groups attached to an aromatic ring is 1. The lowest BCUT2D eigenvalue weighted by Crippen LogP contribution is -2.05. The van der Waals surface area contributed by atoms with Crippen LogP contribution >= 0.6 is 0 Å². The van der Waals surface area contributed by atoms with E-state index in [0.717, 1.165) is 17.7 Å². The number of fused-ring (bicyclic) bond motifs is 1. The van der Waals surface area contributed by atoms with Gasteiger partial charge in [-0.05, 0) is 36.6 Å². The van der Waals surface area contributed by atoms with Crippen molar-refractivity contribution in [1.82, 2.24) is 0 Å². The molecule has 94 valence electrons. The van der Waals surface area contributed by atoms with E-state index in [1.807, 2.05) is 0 Å². The van der Waals surface area contributed by atoms with Crippen molar-refractivity contribution in [2.45, 2.75) is 19.3 Å². The van der Waals surface area contributed by atoms with E-state index in [0.29, 0.717) is 17.9 Å². The molecule has 1 saturated carbocycles. The molecule has 0 unspecified atom stereocenters. The predicted molar refractivity (Wildman–Crippen MR) is 68.2 cm³/mol. The van der Waals surface area contributed by atoms with Crippen LogP contribution < -0.4 is 5.73 Å². The SMILES string of the molecule is Nc1ccc2oc(C(=O)OCCC3CC3)cc2c1. The highest BCUT2D eigenvalue weighted by Crippen LogP contribution is 2.32. The standard InChI is InChI=1S/C14H15NO3/c15-11-3-4-12-10(7-11)8-13(18-12)14(16)17-6-5-9-1-2-9/h3-4,7-9H,1-2,5-6,15H2. The van der Waals surface area contributed by atoms with Gasteiger partial charge < -0.3 is 14.9 Å². The molecule has 3 rings (SSSR count). The van der Waals surface area contributed by atoms with Gasteiger partial charge in [-0.2, -0.15) is 0 Å². The third kappa shape index (κ3) is 2.32. The fraction of sp³-hybridized carbons (Fsp3) is 0.357. The summed E-state index contributed by atoms with van der Waals surface area (Å²) in [6, 6.07) is 6.95. The highest BCUT2D eigenvalue weighted by atomic mass is 16.5. The van der Waals surface area contributed by atoms with Crippen molar-refractivity contribution in [3.63, 3.8) is 0 Å². The van der Waals surface area contributed by atoms with Crippen molar-refractivity contribution in [2.24, 2.45) is 5.92 Å². The van der Waals surface area contributed by atoms with Gasteiger partial charge in [-0.1, -0.05) is 12.8 Å². The molecule has 0 saturated heterocycles. The second-order valence-electron chi connectivity index (χ2n) is 4.78. The van der Waals surface area contributed by atoms with Gasteiger partial charge >= 0.3 is 5.97 Å². The first-order valence-corrected chi connectivity index (χ1v) is 6.18. The van der Waals surface area contributed by atoms with Crippen LogP contribution in [0.5, 0.6) is 0 Å². The molecule has 0 amide bonds. The lowest BCUT2D eigenvalue weighted by molar-refractivity contribution is 0.0461. The quantitative estimate of drug-likeness (QED) is 0.664. The van der Waals surface area contributed by atoms with Gasteiger partial charge in [0.1, 0.15) is 5.58 Å². The number of rotatable bonds is 4. The minimum Gasteiger partial charge on any atom is -0.460 e. The number of furan rings is 1. The Labute approximate surface area is 105 Å². The molecule has 4 nitrogen and oxygen atoms in total. The summed E-state index contributed by atoms with van der Waals surface area (Å²) >= 11 is 0. The number of anilines is 1. The Kier molecular flexibility index (Phi) is 2.70. The van der Waals surface area contributed by atoms with E-state index < -0.39 is 5.97 Å². The molecule has 0 bridgehead atoms. The van der Waals surface area contributed by atoms with Crippen LogP contribution in [0.4, 0.5) is 5.69 Å². The summed E-state index contributed by atoms with van der Waals surface area (Å²) in [5, 5.41) is 0.823. The zero-order valence-electron chi connectivity index (χ0n) is 10.0. The number of hydrogen-bond donors (Lipinski definition) is 1. The molecule has 4 heteroatoms. The molecule has 1 aliphatic rings. The van der Waals surface area contributed by atoms with Gasteiger partial charge in [0, 0.05) is 11.1 Å². The van der Waals surface area contributed by atoms with Gasteiger partial charge in [0.05, 0.1) is 6.61 Å². The molecule has 1 fully saturated rings. The van der Waals surface area contributed by atoms with E-state index >= 15 is 0 Å². The second-order valence-corrected chi connectivity index (χ2v) is 4.78. The predicted octanol–water partition coefficient (Wildman–Crippen LogP) is 2.97. The normalized spacial score (nSPS) is 14.9. The Hall–Kier alpha value is -1.97. The molecule has 1 aromatic carbocycles. The zero-order valence-corrected chi connectivity index (χ0v) is 10.0. The average Bonchev–Trinajstić information content (AvgIpc) is 3.06. The Morgan fingerprint density at radius 1 is 1.39 bits per heavy atom. The summed E-state index contributed by atoms with van der Waals surface area (Å²) < 4.78 is 10.6. The van der Waals surface area contributed by atoms with Crippen LogP contribution in [0.25, 0.3) is 11.0 Å². The van der Waals surface area contributed by atoms with Crippen molar-refractivity contribution in [3.05, 3.63) is 30.0 Å². The van der Waals surface area contributed by atoms with E-state index in [-0.39, 0.29) is 5.76 Å². The summed E-state index contributed by atoms with van der Waals surface area (Å²) in [4.78, 5) is 11.8. The minimum atomic E-state index is -0.398. The molecule has 0 spiro atoms. The van der Waals surface area contributed by atoms with Crippen LogP contribution in [0, 0.1) is 5.92 Å². The number of carbonyl (C=O) groups excluding carboxylic acids is 1. The fourth-order valence-corrected chi connectivity index (χ4v) is 1.96. The zero-order chi connectivity index (χ0) is 12.5. The number of benzene rings is 1. The summed E-state index contributed by atoms with van der Waals surface area (Å²) in [7, 11) is 0. The monoisotopic (exact) mass is 245 g/mol. The van der Waals surface area contributed by atoms with E-state index in [4.69, 9.17) is 14.9 Å². The maximum atomic E-state index is 11.8. The minimum absolute atomic E-state index is 0.242. The maximum absolute atomic E-state index is 11.8. The molecule has 0 atom stereocenters. The average molecular weight is 245 g/mol. The number of hydrogen-bond acceptors (Lipinski definition) is 4. The molecular weight excluding hydrogens is 230 g/mol. The molecule has 2 aromatic rings. The van der Waals surface area contributed by atoms with Gasteiger partial charge in [-0.15, -0.1) is 0 Å². The van der Waals surface area contributed by atoms with Gasteiger partial charge in [0.15, 0.2) is 0 Å². The molecule has 1 aromatic heterocycles. The van der Waals surface area contributed by atoms with Crippen molar-refractivity contribution in [1.29, 1.82) is 0 Å². The number of ether oxygens (including phenoxy) is 1. The lowest BCUT2D eigenvalue weighted by atomic mass is 10.2. The highest BCUT2D eigenvalue weighted by molar-refractivity contribution is 5.93. The maximum Gasteiger partial charge on any atom is 0.374 e. The van der Waals surface area contributed by atoms with Crippen LogP contribution in [0.1, 0.15) is 29.8 Å². The van der Waals surface area contributed by atoms with E-state index in [9.17, 15) is 4.79 Å². The van der Waals surface area contributed by atoms with Gasteiger partial charge in [0.2, 0.25) is 5.76 Å². The first kappa shape index (κ1) is 11.1. The largest absolute Gasteiger partial charge is 0.460 e. The van der Waals surface area contributed by atoms with Gasteiger partial charge in [-0.3, -0.25) is 0 Å². The Morgan fingerprint density at radius 3 is 3.00 bits per heavy atom. The highest BCUT2D eigenvalue weighted by Gasteiger charge is 2.22. The number of carbonyl (C=O) groups is 1. The van der Waals surface area contributed by atoms with Crippen LogP contribution in [-0.2, 0) is 4.74 Å². The van der Waals surface area contributed by atoms with E-state index in [1.54, 1.807) is 24.3 Å². The topological polar surface area (TPSA) is 65.5 Å². The Morgan fingerprint density at radius 2 is 2.22 bits per heavy atom.